The Hall–Kier alpha value is -2.75. The highest BCUT2D eigenvalue weighted by Crippen LogP contribution is 2.26. The highest BCUT2D eigenvalue weighted by Gasteiger charge is 2.15. The molecule has 1 amide bonds. The predicted molar refractivity (Wildman–Crippen MR) is 95.4 cm³/mol. The van der Waals surface area contributed by atoms with Gasteiger partial charge in [0.15, 0.2) is 0 Å². The fourth-order valence-corrected chi connectivity index (χ4v) is 3.48. The average Bonchev–Trinajstić information content (AvgIpc) is 3.02. The van der Waals surface area contributed by atoms with E-state index in [1.54, 1.807) is 0 Å². The lowest BCUT2D eigenvalue weighted by Crippen LogP contribution is -2.13. The Balaban J connectivity index is 1.71. The molecule has 2 aromatic carbocycles. The van der Waals surface area contributed by atoms with Crippen molar-refractivity contribution < 1.29 is 4.79 Å². The third-order valence-electron chi connectivity index (χ3n) is 4.63. The maximum absolute atomic E-state index is 12.8. The summed E-state index contributed by atoms with van der Waals surface area (Å²) in [5, 5.41) is 3.94. The molecule has 0 saturated carbocycles. The number of nitrogens with zero attached hydrogens (tertiary/aromatic N) is 2. The number of hydrogen-bond donors (Lipinski definition) is 1. The van der Waals surface area contributed by atoms with E-state index in [2.05, 4.69) is 27.4 Å². The summed E-state index contributed by atoms with van der Waals surface area (Å²) in [7, 11) is 0. The normalized spacial score (nSPS) is 13.1. The summed E-state index contributed by atoms with van der Waals surface area (Å²) in [4.78, 5) is 21.6. The van der Waals surface area contributed by atoms with Crippen molar-refractivity contribution in [2.75, 3.05) is 5.32 Å². The van der Waals surface area contributed by atoms with Crippen LogP contribution in [0.5, 0.6) is 0 Å². The van der Waals surface area contributed by atoms with Gasteiger partial charge in [0, 0.05) is 16.8 Å². The van der Waals surface area contributed by atoms with Gasteiger partial charge in [-0.1, -0.05) is 18.2 Å². The van der Waals surface area contributed by atoms with Gasteiger partial charge in [0.25, 0.3) is 5.91 Å². The Morgan fingerprint density at radius 2 is 1.88 bits per heavy atom. The Labute approximate surface area is 141 Å². The topological polar surface area (TPSA) is 54.9 Å². The van der Waals surface area contributed by atoms with Gasteiger partial charge < -0.3 is 5.32 Å². The highest BCUT2D eigenvalue weighted by molar-refractivity contribution is 6.12. The van der Waals surface area contributed by atoms with Gasteiger partial charge in [0.05, 0.1) is 11.1 Å². The van der Waals surface area contributed by atoms with Crippen molar-refractivity contribution in [1.29, 1.82) is 0 Å². The van der Waals surface area contributed by atoms with Crippen molar-refractivity contribution in [3.05, 3.63) is 64.6 Å². The van der Waals surface area contributed by atoms with Gasteiger partial charge in [0.2, 0.25) is 0 Å². The number of nitrogens with one attached hydrogen (secondary N) is 1. The third-order valence-corrected chi connectivity index (χ3v) is 4.63. The molecule has 4 nitrogen and oxygen atoms in total. The number of fused-ring (bicyclic) bond motifs is 2. The fourth-order valence-electron chi connectivity index (χ4n) is 3.48. The molecule has 1 aliphatic carbocycles. The Kier molecular flexibility index (Phi) is 3.53. The second-order valence-corrected chi connectivity index (χ2v) is 6.35. The molecule has 0 radical (unpaired) electrons. The number of rotatable bonds is 2. The number of carbonyl (C=O) groups excluding carboxylic acids is 1. The standard InChI is InChI=1S/C20H19N3O/c1-12-17-7-4-8-18(19(17)22-13(2)21-12)20(24)23-16-10-9-14-5-3-6-15(14)11-16/h4,7-11H,3,5-6H2,1-2H3,(H,23,24). The average molecular weight is 317 g/mol. The van der Waals surface area contributed by atoms with Crippen molar-refractivity contribution in [2.24, 2.45) is 0 Å². The van der Waals surface area contributed by atoms with Gasteiger partial charge in [-0.15, -0.1) is 0 Å². The molecular formula is C20H19N3O. The molecule has 0 spiro atoms. The summed E-state index contributed by atoms with van der Waals surface area (Å²) in [6, 6.07) is 11.9. The van der Waals surface area contributed by atoms with Gasteiger partial charge >= 0.3 is 0 Å². The van der Waals surface area contributed by atoms with E-state index in [0.29, 0.717) is 16.9 Å². The minimum Gasteiger partial charge on any atom is -0.322 e. The van der Waals surface area contributed by atoms with Crippen LogP contribution < -0.4 is 5.32 Å². The van der Waals surface area contributed by atoms with Crippen LogP contribution in [0, 0.1) is 13.8 Å². The van der Waals surface area contributed by atoms with E-state index in [-0.39, 0.29) is 5.91 Å². The van der Waals surface area contributed by atoms with E-state index in [0.717, 1.165) is 29.6 Å². The molecule has 0 fully saturated rings. The number of hydrogen-bond acceptors (Lipinski definition) is 3. The number of para-hydroxylation sites is 1. The molecule has 24 heavy (non-hydrogen) atoms. The van der Waals surface area contributed by atoms with Gasteiger partial charge in [0.1, 0.15) is 5.82 Å². The van der Waals surface area contributed by atoms with Gasteiger partial charge in [-0.2, -0.15) is 0 Å². The summed E-state index contributed by atoms with van der Waals surface area (Å²) in [5.41, 5.74) is 5.78. The first kappa shape index (κ1) is 14.8. The summed E-state index contributed by atoms with van der Waals surface area (Å²) in [5.74, 6) is 0.550. The van der Waals surface area contributed by atoms with Crippen LogP contribution in [-0.2, 0) is 12.8 Å². The van der Waals surface area contributed by atoms with Crippen molar-refractivity contribution in [1.82, 2.24) is 9.97 Å². The lowest BCUT2D eigenvalue weighted by molar-refractivity contribution is 0.102. The molecule has 1 N–H and O–H groups in total. The minimum absolute atomic E-state index is 0.129. The largest absolute Gasteiger partial charge is 0.322 e. The maximum atomic E-state index is 12.8. The van der Waals surface area contributed by atoms with Crippen molar-refractivity contribution >= 4 is 22.5 Å². The molecule has 0 unspecified atom stereocenters. The first-order valence-corrected chi connectivity index (χ1v) is 8.29. The first-order chi connectivity index (χ1) is 11.6. The lowest BCUT2D eigenvalue weighted by Gasteiger charge is -2.10. The molecule has 1 aliphatic rings. The second kappa shape index (κ2) is 5.71. The van der Waals surface area contributed by atoms with Crippen LogP contribution in [-0.4, -0.2) is 15.9 Å². The molecule has 3 aromatic rings. The molecule has 4 rings (SSSR count). The van der Waals surface area contributed by atoms with E-state index in [1.807, 2.05) is 38.1 Å². The number of amides is 1. The van der Waals surface area contributed by atoms with Crippen molar-refractivity contribution in [2.45, 2.75) is 33.1 Å². The summed E-state index contributed by atoms with van der Waals surface area (Å²) in [6.07, 6.45) is 3.44. The molecule has 1 aromatic heterocycles. The van der Waals surface area contributed by atoms with Crippen LogP contribution in [0.25, 0.3) is 10.9 Å². The number of benzene rings is 2. The van der Waals surface area contributed by atoms with E-state index in [9.17, 15) is 4.79 Å². The van der Waals surface area contributed by atoms with Gasteiger partial charge in [-0.3, -0.25) is 4.79 Å². The molecular weight excluding hydrogens is 298 g/mol. The van der Waals surface area contributed by atoms with Gasteiger partial charge in [-0.25, -0.2) is 9.97 Å². The molecule has 0 aliphatic heterocycles. The van der Waals surface area contributed by atoms with E-state index in [1.165, 1.54) is 17.5 Å². The van der Waals surface area contributed by atoms with Gasteiger partial charge in [-0.05, 0) is 62.4 Å². The van der Waals surface area contributed by atoms with Crippen LogP contribution in [0.3, 0.4) is 0 Å². The molecule has 0 atom stereocenters. The summed E-state index contributed by atoms with van der Waals surface area (Å²) in [6.45, 7) is 3.79. The highest BCUT2D eigenvalue weighted by atomic mass is 16.1. The third kappa shape index (κ3) is 2.54. The van der Waals surface area contributed by atoms with E-state index in [4.69, 9.17) is 0 Å². The number of anilines is 1. The zero-order valence-electron chi connectivity index (χ0n) is 13.9. The van der Waals surface area contributed by atoms with Crippen molar-refractivity contribution in [3.63, 3.8) is 0 Å². The summed E-state index contributed by atoms with van der Waals surface area (Å²) >= 11 is 0. The zero-order valence-corrected chi connectivity index (χ0v) is 13.9. The molecule has 1 heterocycles. The Morgan fingerprint density at radius 1 is 1.04 bits per heavy atom. The van der Waals surface area contributed by atoms with E-state index < -0.39 is 0 Å². The van der Waals surface area contributed by atoms with Crippen LogP contribution in [0.2, 0.25) is 0 Å². The van der Waals surface area contributed by atoms with Crippen LogP contribution in [0.15, 0.2) is 36.4 Å². The maximum Gasteiger partial charge on any atom is 0.257 e. The lowest BCUT2D eigenvalue weighted by atomic mass is 10.1. The van der Waals surface area contributed by atoms with E-state index >= 15 is 0 Å². The number of aromatic nitrogens is 2. The second-order valence-electron chi connectivity index (χ2n) is 6.35. The quantitative estimate of drug-likeness (QED) is 0.777. The monoisotopic (exact) mass is 317 g/mol. The number of carbonyl (C=O) groups is 1. The Morgan fingerprint density at radius 3 is 2.75 bits per heavy atom. The number of aryl methyl sites for hydroxylation is 4. The smallest absolute Gasteiger partial charge is 0.257 e. The molecule has 4 heteroatoms. The Bertz CT molecular complexity index is 963. The zero-order chi connectivity index (χ0) is 16.7. The molecule has 120 valence electrons. The summed E-state index contributed by atoms with van der Waals surface area (Å²) < 4.78 is 0. The van der Waals surface area contributed by atoms with Crippen LogP contribution in [0.1, 0.15) is 39.4 Å². The minimum atomic E-state index is -0.129. The van der Waals surface area contributed by atoms with Crippen LogP contribution >= 0.6 is 0 Å². The van der Waals surface area contributed by atoms with Crippen molar-refractivity contribution in [3.8, 4) is 0 Å². The molecule has 0 bridgehead atoms. The predicted octanol–water partition coefficient (Wildman–Crippen LogP) is 3.99. The molecule has 0 saturated heterocycles. The first-order valence-electron chi connectivity index (χ1n) is 8.29. The van der Waals surface area contributed by atoms with Crippen LogP contribution in [0.4, 0.5) is 5.69 Å². The fraction of sp³-hybridized carbons (Fsp3) is 0.250. The SMILES string of the molecule is Cc1nc(C)c2cccc(C(=O)Nc3ccc4c(c3)CCC4)c2n1.